The molecule has 1 N–H and O–H groups in total. The average molecular weight is 208 g/mol. The second kappa shape index (κ2) is 3.59. The van der Waals surface area contributed by atoms with Crippen LogP contribution in [0.3, 0.4) is 0 Å². The molecule has 1 aromatic carbocycles. The molecular formula is C12H16OS. The van der Waals surface area contributed by atoms with Crippen molar-refractivity contribution in [2.24, 2.45) is 0 Å². The third kappa shape index (κ3) is 1.96. The Morgan fingerprint density at radius 2 is 2.07 bits per heavy atom. The Morgan fingerprint density at radius 1 is 1.36 bits per heavy atom. The van der Waals surface area contributed by atoms with Gasteiger partial charge in [0.15, 0.2) is 0 Å². The van der Waals surface area contributed by atoms with E-state index < -0.39 is 5.60 Å². The van der Waals surface area contributed by atoms with Crippen molar-refractivity contribution in [1.82, 2.24) is 0 Å². The molecule has 1 aliphatic heterocycles. The number of rotatable bonds is 2. The molecule has 1 heterocycles. The first-order chi connectivity index (χ1) is 6.57. The van der Waals surface area contributed by atoms with Crippen LogP contribution in [0, 0.1) is 0 Å². The van der Waals surface area contributed by atoms with E-state index in [1.54, 1.807) is 0 Å². The average Bonchev–Trinajstić information content (AvgIpc) is 2.00. The summed E-state index contributed by atoms with van der Waals surface area (Å²) in [6, 6.07) is 8.35. The zero-order valence-electron chi connectivity index (χ0n) is 8.66. The van der Waals surface area contributed by atoms with Crippen LogP contribution < -0.4 is 0 Å². The minimum absolute atomic E-state index is 0.710. The highest BCUT2D eigenvalue weighted by molar-refractivity contribution is 8.00. The minimum atomic E-state index is -0.715. The number of thioether (sulfide) groups is 1. The van der Waals surface area contributed by atoms with Crippen molar-refractivity contribution >= 4 is 11.8 Å². The topological polar surface area (TPSA) is 20.2 Å². The van der Waals surface area contributed by atoms with E-state index in [1.807, 2.05) is 37.7 Å². The molecule has 0 atom stereocenters. The first kappa shape index (κ1) is 10.1. The molecule has 76 valence electrons. The summed E-state index contributed by atoms with van der Waals surface area (Å²) >= 11 is 1.99. The summed E-state index contributed by atoms with van der Waals surface area (Å²) in [6.07, 6.45) is 0. The predicted molar refractivity (Wildman–Crippen MR) is 61.8 cm³/mol. The summed E-state index contributed by atoms with van der Waals surface area (Å²) in [4.78, 5) is 0. The Bertz CT molecular complexity index is 323. The second-order valence-electron chi connectivity index (χ2n) is 4.42. The van der Waals surface area contributed by atoms with Gasteiger partial charge in [-0.25, -0.2) is 0 Å². The molecule has 0 unspecified atom stereocenters. The van der Waals surface area contributed by atoms with E-state index in [-0.39, 0.29) is 0 Å². The van der Waals surface area contributed by atoms with Gasteiger partial charge >= 0.3 is 0 Å². The van der Waals surface area contributed by atoms with Crippen LogP contribution in [0.2, 0.25) is 0 Å². The summed E-state index contributed by atoms with van der Waals surface area (Å²) in [5.41, 5.74) is 1.68. The van der Waals surface area contributed by atoms with Crippen LogP contribution in [0.1, 0.15) is 30.9 Å². The fourth-order valence-corrected chi connectivity index (χ4v) is 2.46. The third-order valence-electron chi connectivity index (χ3n) is 2.70. The highest BCUT2D eigenvalue weighted by atomic mass is 32.2. The summed E-state index contributed by atoms with van der Waals surface area (Å²) < 4.78 is 0. The lowest BCUT2D eigenvalue weighted by atomic mass is 9.93. The molecule has 2 heteroatoms. The van der Waals surface area contributed by atoms with Gasteiger partial charge in [-0.3, -0.25) is 0 Å². The summed E-state index contributed by atoms with van der Waals surface area (Å²) in [6.45, 7) is 3.67. The van der Waals surface area contributed by atoms with Gasteiger partial charge in [0.1, 0.15) is 0 Å². The fourth-order valence-electron chi connectivity index (χ4n) is 1.60. The molecular weight excluding hydrogens is 192 g/mol. The molecule has 0 aromatic heterocycles. The van der Waals surface area contributed by atoms with Crippen molar-refractivity contribution in [2.75, 3.05) is 11.5 Å². The van der Waals surface area contributed by atoms with E-state index in [0.29, 0.717) is 5.92 Å². The molecule has 1 saturated heterocycles. The number of hydrogen-bond acceptors (Lipinski definition) is 2. The molecule has 0 radical (unpaired) electrons. The maximum absolute atomic E-state index is 9.88. The zero-order chi connectivity index (χ0) is 10.2. The number of hydrogen-bond donors (Lipinski definition) is 1. The Kier molecular flexibility index (Phi) is 2.58. The first-order valence-corrected chi connectivity index (χ1v) is 6.13. The molecule has 0 bridgehead atoms. The van der Waals surface area contributed by atoms with Gasteiger partial charge in [0.25, 0.3) is 0 Å². The van der Waals surface area contributed by atoms with E-state index in [1.165, 1.54) is 17.1 Å². The van der Waals surface area contributed by atoms with Crippen LogP contribution in [-0.2, 0) is 5.60 Å². The Hall–Kier alpha value is -0.470. The molecule has 2 rings (SSSR count). The van der Waals surface area contributed by atoms with Gasteiger partial charge in [0, 0.05) is 17.4 Å². The van der Waals surface area contributed by atoms with E-state index in [9.17, 15) is 5.11 Å². The Morgan fingerprint density at radius 3 is 2.57 bits per heavy atom. The normalized spacial score (nSPS) is 17.9. The predicted octanol–water partition coefficient (Wildman–Crippen LogP) is 2.74. The van der Waals surface area contributed by atoms with E-state index in [0.717, 1.165) is 5.56 Å². The standard InChI is InChI=1S/C12H16OS/c1-12(2,13)11-5-3-4-9(6-11)10-7-14-8-10/h3-6,10,13H,7-8H2,1-2H3. The van der Waals surface area contributed by atoms with E-state index >= 15 is 0 Å². The summed E-state index contributed by atoms with van der Waals surface area (Å²) in [7, 11) is 0. The quantitative estimate of drug-likeness (QED) is 0.806. The van der Waals surface area contributed by atoms with Crippen molar-refractivity contribution < 1.29 is 5.11 Å². The maximum atomic E-state index is 9.88. The molecule has 0 aliphatic carbocycles. The smallest absolute Gasteiger partial charge is 0.0840 e. The highest BCUT2D eigenvalue weighted by Crippen LogP contribution is 2.35. The van der Waals surface area contributed by atoms with Gasteiger partial charge < -0.3 is 5.11 Å². The maximum Gasteiger partial charge on any atom is 0.0840 e. The van der Waals surface area contributed by atoms with Crippen molar-refractivity contribution in [3.05, 3.63) is 35.4 Å². The van der Waals surface area contributed by atoms with Crippen LogP contribution in [0.25, 0.3) is 0 Å². The molecule has 1 aliphatic rings. The zero-order valence-corrected chi connectivity index (χ0v) is 9.47. The molecule has 0 saturated carbocycles. The Labute approximate surface area is 89.5 Å². The van der Waals surface area contributed by atoms with Crippen LogP contribution in [0.5, 0.6) is 0 Å². The summed E-state index contributed by atoms with van der Waals surface area (Å²) in [5.74, 6) is 3.17. The third-order valence-corrected chi connectivity index (χ3v) is 3.98. The SMILES string of the molecule is CC(C)(O)c1cccc(C2CSC2)c1. The number of aliphatic hydroxyl groups is 1. The van der Waals surface area contributed by atoms with Crippen molar-refractivity contribution in [3.63, 3.8) is 0 Å². The fraction of sp³-hybridized carbons (Fsp3) is 0.500. The van der Waals surface area contributed by atoms with Crippen LogP contribution >= 0.6 is 11.8 Å². The lowest BCUT2D eigenvalue weighted by Crippen LogP contribution is -2.19. The van der Waals surface area contributed by atoms with E-state index in [4.69, 9.17) is 0 Å². The monoisotopic (exact) mass is 208 g/mol. The molecule has 14 heavy (non-hydrogen) atoms. The van der Waals surface area contributed by atoms with Gasteiger partial charge in [-0.2, -0.15) is 11.8 Å². The summed E-state index contributed by atoms with van der Waals surface area (Å²) in [5, 5.41) is 9.88. The largest absolute Gasteiger partial charge is 0.386 e. The van der Waals surface area contributed by atoms with E-state index in [2.05, 4.69) is 12.1 Å². The molecule has 0 amide bonds. The molecule has 1 nitrogen and oxygen atoms in total. The van der Waals surface area contributed by atoms with Gasteiger partial charge in [-0.1, -0.05) is 24.3 Å². The second-order valence-corrected chi connectivity index (χ2v) is 5.49. The minimum Gasteiger partial charge on any atom is -0.386 e. The lowest BCUT2D eigenvalue weighted by Gasteiger charge is -2.27. The van der Waals surface area contributed by atoms with Crippen LogP contribution in [-0.4, -0.2) is 16.6 Å². The van der Waals surface area contributed by atoms with Crippen LogP contribution in [0.15, 0.2) is 24.3 Å². The van der Waals surface area contributed by atoms with Gasteiger partial charge in [0.2, 0.25) is 0 Å². The first-order valence-electron chi connectivity index (χ1n) is 4.98. The van der Waals surface area contributed by atoms with Gasteiger partial charge in [0.05, 0.1) is 5.60 Å². The molecule has 1 fully saturated rings. The van der Waals surface area contributed by atoms with Gasteiger partial charge in [-0.15, -0.1) is 0 Å². The highest BCUT2D eigenvalue weighted by Gasteiger charge is 2.22. The van der Waals surface area contributed by atoms with Crippen molar-refractivity contribution in [1.29, 1.82) is 0 Å². The molecule has 0 spiro atoms. The lowest BCUT2D eigenvalue weighted by molar-refractivity contribution is 0.0785. The van der Waals surface area contributed by atoms with Crippen molar-refractivity contribution in [2.45, 2.75) is 25.4 Å². The van der Waals surface area contributed by atoms with Crippen LogP contribution in [0.4, 0.5) is 0 Å². The Balaban J connectivity index is 2.26. The number of benzene rings is 1. The van der Waals surface area contributed by atoms with Crippen molar-refractivity contribution in [3.8, 4) is 0 Å². The van der Waals surface area contributed by atoms with Gasteiger partial charge in [-0.05, 0) is 25.0 Å². The molecule has 1 aromatic rings.